The first-order chi connectivity index (χ1) is 12.3. The van der Waals surface area contributed by atoms with Crippen molar-refractivity contribution in [2.45, 2.75) is 38.1 Å². The van der Waals surface area contributed by atoms with Gasteiger partial charge in [0.15, 0.2) is 0 Å². The van der Waals surface area contributed by atoms with E-state index < -0.39 is 0 Å². The van der Waals surface area contributed by atoms with E-state index in [2.05, 4.69) is 53.1 Å². The van der Waals surface area contributed by atoms with Crippen LogP contribution in [-0.4, -0.2) is 15.3 Å². The Morgan fingerprint density at radius 1 is 0.960 bits per heavy atom. The molecule has 0 amide bonds. The van der Waals surface area contributed by atoms with E-state index in [9.17, 15) is 4.79 Å². The minimum Gasteiger partial charge on any atom is -0.329 e. The Balaban J connectivity index is 1.70. The van der Waals surface area contributed by atoms with E-state index in [1.165, 1.54) is 11.1 Å². The van der Waals surface area contributed by atoms with Crippen molar-refractivity contribution in [2.75, 3.05) is 0 Å². The Bertz CT molecular complexity index is 793. The number of hydrogen-bond donors (Lipinski definition) is 0. The largest absolute Gasteiger partial charge is 0.329 e. The Morgan fingerprint density at radius 2 is 1.64 bits per heavy atom. The Morgan fingerprint density at radius 3 is 2.28 bits per heavy atom. The molecule has 1 aliphatic rings. The molecule has 126 valence electrons. The second kappa shape index (κ2) is 7.06. The molecule has 0 radical (unpaired) electrons. The summed E-state index contributed by atoms with van der Waals surface area (Å²) in [5, 5.41) is 0. The normalized spacial score (nSPS) is 17.1. The zero-order valence-electron chi connectivity index (χ0n) is 14.3. The van der Waals surface area contributed by atoms with Crippen molar-refractivity contribution in [3.63, 3.8) is 0 Å². The number of benzene rings is 2. The standard InChI is InChI=1S/C22H22N2O/c25-21-13-7-12-19(21)22-20(14-17-8-3-1-4-9-17)23-16-24(22)15-18-10-5-2-6-11-18/h1-6,8-11,16,19H,7,12-15H2. The van der Waals surface area contributed by atoms with Crippen LogP contribution in [0.2, 0.25) is 0 Å². The number of imidazole rings is 1. The SMILES string of the molecule is O=C1CCCC1c1c(Cc2ccccc2)ncn1Cc1ccccc1. The van der Waals surface area contributed by atoms with E-state index >= 15 is 0 Å². The van der Waals surface area contributed by atoms with Crippen molar-refractivity contribution >= 4 is 5.78 Å². The van der Waals surface area contributed by atoms with Gasteiger partial charge in [-0.15, -0.1) is 0 Å². The van der Waals surface area contributed by atoms with Gasteiger partial charge in [-0.3, -0.25) is 4.79 Å². The molecule has 25 heavy (non-hydrogen) atoms. The highest BCUT2D eigenvalue weighted by molar-refractivity contribution is 5.87. The van der Waals surface area contributed by atoms with E-state index in [0.29, 0.717) is 12.2 Å². The molecule has 1 unspecified atom stereocenters. The molecular weight excluding hydrogens is 308 g/mol. The molecule has 0 N–H and O–H groups in total. The Kier molecular flexibility index (Phi) is 4.47. The lowest BCUT2D eigenvalue weighted by Crippen LogP contribution is -2.14. The second-order valence-electron chi connectivity index (χ2n) is 6.76. The maximum absolute atomic E-state index is 12.4. The van der Waals surface area contributed by atoms with Crippen LogP contribution in [0.5, 0.6) is 0 Å². The number of ketones is 1. The lowest BCUT2D eigenvalue weighted by atomic mass is 9.97. The van der Waals surface area contributed by atoms with Crippen molar-refractivity contribution in [1.82, 2.24) is 9.55 Å². The fourth-order valence-corrected chi connectivity index (χ4v) is 3.77. The van der Waals surface area contributed by atoms with Crippen LogP contribution in [0.15, 0.2) is 67.0 Å². The van der Waals surface area contributed by atoms with E-state index in [4.69, 9.17) is 4.98 Å². The summed E-state index contributed by atoms with van der Waals surface area (Å²) >= 11 is 0. The van der Waals surface area contributed by atoms with Crippen LogP contribution in [0.4, 0.5) is 0 Å². The Labute approximate surface area is 148 Å². The summed E-state index contributed by atoms with van der Waals surface area (Å²) in [7, 11) is 0. The summed E-state index contributed by atoms with van der Waals surface area (Å²) in [6.45, 7) is 0.766. The molecule has 0 bridgehead atoms. The second-order valence-corrected chi connectivity index (χ2v) is 6.76. The van der Waals surface area contributed by atoms with Gasteiger partial charge in [-0.25, -0.2) is 4.98 Å². The minimum atomic E-state index is 0.00456. The zero-order chi connectivity index (χ0) is 17.1. The maximum atomic E-state index is 12.4. The Hall–Kier alpha value is -2.68. The highest BCUT2D eigenvalue weighted by Crippen LogP contribution is 2.34. The van der Waals surface area contributed by atoms with Crippen LogP contribution in [-0.2, 0) is 17.8 Å². The topological polar surface area (TPSA) is 34.9 Å². The van der Waals surface area contributed by atoms with Crippen molar-refractivity contribution in [2.24, 2.45) is 0 Å². The van der Waals surface area contributed by atoms with Crippen LogP contribution in [0.25, 0.3) is 0 Å². The first kappa shape index (κ1) is 15.8. The molecule has 0 aliphatic heterocycles. The molecule has 3 aromatic rings. The number of aromatic nitrogens is 2. The van der Waals surface area contributed by atoms with Gasteiger partial charge >= 0.3 is 0 Å². The van der Waals surface area contributed by atoms with Crippen molar-refractivity contribution in [3.05, 3.63) is 89.5 Å². The summed E-state index contributed by atoms with van der Waals surface area (Å²) in [4.78, 5) is 17.1. The smallest absolute Gasteiger partial charge is 0.141 e. The fourth-order valence-electron chi connectivity index (χ4n) is 3.77. The quantitative estimate of drug-likeness (QED) is 0.697. The van der Waals surface area contributed by atoms with E-state index in [-0.39, 0.29) is 5.92 Å². The van der Waals surface area contributed by atoms with Crippen LogP contribution in [0, 0.1) is 0 Å². The third-order valence-electron chi connectivity index (χ3n) is 5.00. The van der Waals surface area contributed by atoms with E-state index in [0.717, 1.165) is 37.2 Å². The third kappa shape index (κ3) is 3.41. The molecule has 1 heterocycles. The first-order valence-electron chi connectivity index (χ1n) is 8.96. The first-order valence-corrected chi connectivity index (χ1v) is 8.96. The molecule has 1 fully saturated rings. The number of Topliss-reactive ketones (excluding diaryl/α,β-unsaturated/α-hetero) is 1. The summed E-state index contributed by atoms with van der Waals surface area (Å²) in [5.74, 6) is 0.369. The van der Waals surface area contributed by atoms with Gasteiger partial charge in [0.2, 0.25) is 0 Å². The van der Waals surface area contributed by atoms with Crippen molar-refractivity contribution < 1.29 is 4.79 Å². The number of hydrogen-bond acceptors (Lipinski definition) is 2. The summed E-state index contributed by atoms with van der Waals surface area (Å²) < 4.78 is 2.18. The molecular formula is C22H22N2O. The lowest BCUT2D eigenvalue weighted by Gasteiger charge is -2.15. The fraction of sp³-hybridized carbons (Fsp3) is 0.273. The molecule has 1 saturated carbocycles. The third-order valence-corrected chi connectivity index (χ3v) is 5.00. The van der Waals surface area contributed by atoms with Gasteiger partial charge < -0.3 is 4.57 Å². The lowest BCUT2D eigenvalue weighted by molar-refractivity contribution is -0.118. The highest BCUT2D eigenvalue weighted by Gasteiger charge is 2.31. The molecule has 1 aliphatic carbocycles. The average molecular weight is 330 g/mol. The van der Waals surface area contributed by atoms with E-state index in [1.807, 2.05) is 18.5 Å². The predicted octanol–water partition coefficient (Wildman–Crippen LogP) is 4.36. The van der Waals surface area contributed by atoms with Gasteiger partial charge in [0, 0.05) is 19.4 Å². The van der Waals surface area contributed by atoms with Crippen LogP contribution in [0.3, 0.4) is 0 Å². The minimum absolute atomic E-state index is 0.00456. The molecule has 0 saturated heterocycles. The van der Waals surface area contributed by atoms with Gasteiger partial charge in [-0.05, 0) is 24.0 Å². The molecule has 3 heteroatoms. The summed E-state index contributed by atoms with van der Waals surface area (Å²) in [6, 6.07) is 20.8. The number of carbonyl (C=O) groups excluding carboxylic acids is 1. The average Bonchev–Trinajstić information content (AvgIpc) is 3.23. The van der Waals surface area contributed by atoms with Crippen LogP contribution < -0.4 is 0 Å². The number of rotatable bonds is 5. The molecule has 1 aromatic heterocycles. The monoisotopic (exact) mass is 330 g/mol. The zero-order valence-corrected chi connectivity index (χ0v) is 14.3. The maximum Gasteiger partial charge on any atom is 0.141 e. The number of nitrogens with zero attached hydrogens (tertiary/aromatic N) is 2. The van der Waals surface area contributed by atoms with E-state index in [1.54, 1.807) is 0 Å². The summed E-state index contributed by atoms with van der Waals surface area (Å²) in [6.07, 6.45) is 5.33. The molecule has 2 aromatic carbocycles. The van der Waals surface area contributed by atoms with Gasteiger partial charge in [0.25, 0.3) is 0 Å². The van der Waals surface area contributed by atoms with Gasteiger partial charge in [-0.1, -0.05) is 60.7 Å². The highest BCUT2D eigenvalue weighted by atomic mass is 16.1. The molecule has 3 nitrogen and oxygen atoms in total. The molecule has 1 atom stereocenters. The van der Waals surface area contributed by atoms with Crippen molar-refractivity contribution in [1.29, 1.82) is 0 Å². The van der Waals surface area contributed by atoms with Gasteiger partial charge in [-0.2, -0.15) is 0 Å². The predicted molar refractivity (Wildman–Crippen MR) is 98.6 cm³/mol. The molecule has 0 spiro atoms. The van der Waals surface area contributed by atoms with Gasteiger partial charge in [0.05, 0.1) is 23.6 Å². The van der Waals surface area contributed by atoms with Crippen LogP contribution in [0.1, 0.15) is 47.7 Å². The van der Waals surface area contributed by atoms with Gasteiger partial charge in [0.1, 0.15) is 5.78 Å². The summed E-state index contributed by atoms with van der Waals surface area (Å²) in [5.41, 5.74) is 4.63. The molecule has 4 rings (SSSR count). The van der Waals surface area contributed by atoms with Crippen molar-refractivity contribution in [3.8, 4) is 0 Å². The number of carbonyl (C=O) groups is 1. The van der Waals surface area contributed by atoms with Crippen LogP contribution >= 0.6 is 0 Å².